The number of carbonyl (C=O) groups is 1. The molecule has 2 rings (SSSR count). The number of hydrogen-bond donors (Lipinski definition) is 0. The lowest BCUT2D eigenvalue weighted by Crippen LogP contribution is -1.86. The summed E-state index contributed by atoms with van der Waals surface area (Å²) in [5, 5.41) is 0. The lowest BCUT2D eigenvalue weighted by Gasteiger charge is -2.01. The van der Waals surface area contributed by atoms with E-state index in [1.54, 1.807) is 6.07 Å². The Labute approximate surface area is 102 Å². The van der Waals surface area contributed by atoms with Crippen molar-refractivity contribution in [2.24, 2.45) is 0 Å². The Morgan fingerprint density at radius 2 is 2.00 bits per heavy atom. The van der Waals surface area contributed by atoms with Gasteiger partial charge in [0.25, 0.3) is 0 Å². The van der Waals surface area contributed by atoms with E-state index in [1.165, 1.54) is 12.5 Å². The minimum atomic E-state index is -0.0607. The van der Waals surface area contributed by atoms with Gasteiger partial charge in [0.05, 0.1) is 0 Å². The van der Waals surface area contributed by atoms with Crippen molar-refractivity contribution in [1.82, 2.24) is 0 Å². The molecule has 0 spiro atoms. The minimum absolute atomic E-state index is 0.0607. The summed E-state index contributed by atoms with van der Waals surface area (Å²) < 4.78 is 6.44. The fourth-order valence-corrected chi connectivity index (χ4v) is 2.18. The first-order valence-corrected chi connectivity index (χ1v) is 5.74. The first-order valence-electron chi connectivity index (χ1n) is 4.95. The molecule has 0 atom stereocenters. The van der Waals surface area contributed by atoms with Crippen molar-refractivity contribution >= 4 is 21.7 Å². The number of halogens is 1. The Bertz CT molecular complexity index is 541. The molecule has 82 valence electrons. The van der Waals surface area contributed by atoms with Crippen LogP contribution < -0.4 is 0 Å². The summed E-state index contributed by atoms with van der Waals surface area (Å²) >= 11 is 3.49. The predicted octanol–water partition coefficient (Wildman–Crippen LogP) is 4.22. The maximum absolute atomic E-state index is 11.1. The van der Waals surface area contributed by atoms with E-state index in [1.807, 2.05) is 31.2 Å². The zero-order chi connectivity index (χ0) is 11.7. The number of carbonyl (C=O) groups excluding carboxylic acids is 1. The molecule has 1 heterocycles. The van der Waals surface area contributed by atoms with Gasteiger partial charge in [-0.1, -0.05) is 22.0 Å². The molecule has 0 saturated carbocycles. The van der Waals surface area contributed by atoms with Gasteiger partial charge in [-0.15, -0.1) is 0 Å². The molecule has 0 unspecified atom stereocenters. The van der Waals surface area contributed by atoms with Gasteiger partial charge in [0, 0.05) is 17.0 Å². The molecule has 0 amide bonds. The van der Waals surface area contributed by atoms with Crippen LogP contribution in [-0.4, -0.2) is 5.78 Å². The minimum Gasteiger partial charge on any atom is -0.453 e. The normalized spacial score (nSPS) is 10.4. The van der Waals surface area contributed by atoms with Crippen LogP contribution in [0.25, 0.3) is 11.3 Å². The number of Topliss-reactive ketones (excluding diaryl/α,β-unsaturated/α-hetero) is 1. The van der Waals surface area contributed by atoms with Crippen LogP contribution in [0, 0.1) is 6.92 Å². The molecule has 3 heteroatoms. The smallest absolute Gasteiger partial charge is 0.194 e. The van der Waals surface area contributed by atoms with Crippen molar-refractivity contribution in [3.63, 3.8) is 0 Å². The molecule has 0 fully saturated rings. The molecule has 0 saturated heterocycles. The number of furan rings is 1. The van der Waals surface area contributed by atoms with Crippen molar-refractivity contribution in [2.45, 2.75) is 13.8 Å². The first kappa shape index (κ1) is 11.1. The molecule has 1 aromatic carbocycles. The summed E-state index contributed by atoms with van der Waals surface area (Å²) in [4.78, 5) is 11.1. The third-order valence-electron chi connectivity index (χ3n) is 2.34. The Morgan fingerprint density at radius 1 is 1.25 bits per heavy atom. The topological polar surface area (TPSA) is 30.2 Å². The van der Waals surface area contributed by atoms with Crippen LogP contribution in [0.4, 0.5) is 0 Å². The maximum Gasteiger partial charge on any atom is 0.194 e. The number of benzene rings is 1. The zero-order valence-electron chi connectivity index (χ0n) is 9.08. The summed E-state index contributed by atoms with van der Waals surface area (Å²) in [6, 6.07) is 9.51. The molecule has 0 bridgehead atoms. The summed E-state index contributed by atoms with van der Waals surface area (Å²) in [6.07, 6.45) is 0. The number of rotatable bonds is 2. The molecule has 2 nitrogen and oxygen atoms in total. The van der Waals surface area contributed by atoms with Crippen molar-refractivity contribution in [1.29, 1.82) is 0 Å². The Morgan fingerprint density at radius 3 is 2.56 bits per heavy atom. The molecule has 0 aliphatic rings. The molecular weight excluding hydrogens is 268 g/mol. The van der Waals surface area contributed by atoms with Crippen LogP contribution in [0.3, 0.4) is 0 Å². The number of aryl methyl sites for hydroxylation is 1. The predicted molar refractivity (Wildman–Crippen MR) is 66.6 cm³/mol. The second kappa shape index (κ2) is 4.26. The molecule has 0 aliphatic heterocycles. The van der Waals surface area contributed by atoms with E-state index in [2.05, 4.69) is 15.9 Å². The first-order chi connectivity index (χ1) is 7.58. The van der Waals surface area contributed by atoms with E-state index in [9.17, 15) is 4.79 Å². The average molecular weight is 279 g/mol. The summed E-state index contributed by atoms with van der Waals surface area (Å²) in [7, 11) is 0. The van der Waals surface area contributed by atoms with Crippen molar-refractivity contribution in [3.8, 4) is 11.3 Å². The van der Waals surface area contributed by atoms with Gasteiger partial charge in [-0.3, -0.25) is 4.79 Å². The van der Waals surface area contributed by atoms with Crippen LogP contribution in [0.5, 0.6) is 0 Å². The third-order valence-corrected chi connectivity index (χ3v) is 3.00. The highest BCUT2D eigenvalue weighted by Crippen LogP contribution is 2.30. The quantitative estimate of drug-likeness (QED) is 0.770. The van der Waals surface area contributed by atoms with Crippen LogP contribution in [0.2, 0.25) is 0 Å². The van der Waals surface area contributed by atoms with Gasteiger partial charge in [0.2, 0.25) is 0 Å². The number of hydrogen-bond acceptors (Lipinski definition) is 2. The highest BCUT2D eigenvalue weighted by Gasteiger charge is 2.10. The zero-order valence-corrected chi connectivity index (χ0v) is 10.7. The second-order valence-corrected chi connectivity index (χ2v) is 4.56. The van der Waals surface area contributed by atoms with E-state index < -0.39 is 0 Å². The average Bonchev–Trinajstić information content (AvgIpc) is 2.66. The van der Waals surface area contributed by atoms with Crippen LogP contribution in [0.1, 0.15) is 23.0 Å². The van der Waals surface area contributed by atoms with Gasteiger partial charge in [-0.2, -0.15) is 0 Å². The fourth-order valence-electron chi connectivity index (χ4n) is 1.49. The Kier molecular flexibility index (Phi) is 2.97. The summed E-state index contributed by atoms with van der Waals surface area (Å²) in [5.41, 5.74) is 2.13. The third kappa shape index (κ3) is 2.09. The summed E-state index contributed by atoms with van der Waals surface area (Å²) in [5.74, 6) is 1.04. The molecule has 1 aromatic heterocycles. The SMILES string of the molecule is CC(=O)c1ccc(-c2ccc(C)cc2Br)o1. The van der Waals surface area contributed by atoms with Gasteiger partial charge in [0.15, 0.2) is 11.5 Å². The molecule has 16 heavy (non-hydrogen) atoms. The largest absolute Gasteiger partial charge is 0.453 e. The molecule has 2 aromatic rings. The van der Waals surface area contributed by atoms with E-state index >= 15 is 0 Å². The van der Waals surface area contributed by atoms with E-state index in [0.717, 1.165) is 10.0 Å². The lowest BCUT2D eigenvalue weighted by atomic mass is 10.1. The Balaban J connectivity index is 2.46. The van der Waals surface area contributed by atoms with E-state index in [4.69, 9.17) is 4.42 Å². The van der Waals surface area contributed by atoms with Crippen molar-refractivity contribution in [2.75, 3.05) is 0 Å². The summed E-state index contributed by atoms with van der Waals surface area (Å²) in [6.45, 7) is 3.52. The molecular formula is C13H11BrO2. The maximum atomic E-state index is 11.1. The van der Waals surface area contributed by atoms with Gasteiger partial charge in [-0.05, 0) is 36.8 Å². The van der Waals surface area contributed by atoms with Crippen LogP contribution in [-0.2, 0) is 0 Å². The molecule has 0 radical (unpaired) electrons. The monoisotopic (exact) mass is 278 g/mol. The highest BCUT2D eigenvalue weighted by molar-refractivity contribution is 9.10. The van der Waals surface area contributed by atoms with Crippen LogP contribution >= 0.6 is 15.9 Å². The van der Waals surface area contributed by atoms with E-state index in [0.29, 0.717) is 11.5 Å². The number of ketones is 1. The van der Waals surface area contributed by atoms with Gasteiger partial charge in [-0.25, -0.2) is 0 Å². The molecule has 0 N–H and O–H groups in total. The fraction of sp³-hybridized carbons (Fsp3) is 0.154. The van der Waals surface area contributed by atoms with Gasteiger partial charge in [0.1, 0.15) is 5.76 Å². The van der Waals surface area contributed by atoms with Gasteiger partial charge < -0.3 is 4.42 Å². The molecule has 0 aliphatic carbocycles. The lowest BCUT2D eigenvalue weighted by molar-refractivity contribution is 0.0988. The van der Waals surface area contributed by atoms with Crippen LogP contribution in [0.15, 0.2) is 39.2 Å². The Hall–Kier alpha value is -1.35. The highest BCUT2D eigenvalue weighted by atomic mass is 79.9. The second-order valence-electron chi connectivity index (χ2n) is 3.70. The van der Waals surface area contributed by atoms with Gasteiger partial charge >= 0.3 is 0 Å². The van der Waals surface area contributed by atoms with Crippen molar-refractivity contribution < 1.29 is 9.21 Å². The van der Waals surface area contributed by atoms with Crippen molar-refractivity contribution in [3.05, 3.63) is 46.1 Å². The van der Waals surface area contributed by atoms with E-state index in [-0.39, 0.29) is 5.78 Å². The standard InChI is InChI=1S/C13H11BrO2/c1-8-3-4-10(11(14)7-8)13-6-5-12(16-13)9(2)15/h3-7H,1-2H3.